The zero-order valence-electron chi connectivity index (χ0n) is 12.3. The number of hydrogen-bond acceptors (Lipinski definition) is 3. The molecule has 0 amide bonds. The van der Waals surface area contributed by atoms with Gasteiger partial charge in [0.25, 0.3) is 0 Å². The maximum Gasteiger partial charge on any atom is 0.336 e. The van der Waals surface area contributed by atoms with Crippen molar-refractivity contribution in [3.05, 3.63) is 53.0 Å². The topological polar surface area (TPSA) is 53.7 Å². The first kappa shape index (κ1) is 13.7. The van der Waals surface area contributed by atoms with Gasteiger partial charge in [-0.25, -0.2) is 4.79 Å². The third kappa shape index (κ3) is 2.42. The molecule has 1 aliphatic rings. The summed E-state index contributed by atoms with van der Waals surface area (Å²) in [7, 11) is 0. The van der Waals surface area contributed by atoms with Gasteiger partial charge in [-0.1, -0.05) is 6.07 Å². The average Bonchev–Trinajstić information content (AvgIpc) is 2.91. The largest absolute Gasteiger partial charge is 0.478 e. The zero-order chi connectivity index (χ0) is 15.0. The van der Waals surface area contributed by atoms with E-state index in [1.54, 1.807) is 6.07 Å². The number of rotatable bonds is 3. The number of anilines is 1. The summed E-state index contributed by atoms with van der Waals surface area (Å²) in [5, 5.41) is 9.35. The molecular weight excluding hydrogens is 266 g/mol. The summed E-state index contributed by atoms with van der Waals surface area (Å²) in [6.45, 7) is 4.95. The van der Waals surface area contributed by atoms with Crippen molar-refractivity contribution in [3.63, 3.8) is 0 Å². The summed E-state index contributed by atoms with van der Waals surface area (Å²) in [6.07, 6.45) is 1.78. The molecule has 1 atom stereocenters. The van der Waals surface area contributed by atoms with E-state index < -0.39 is 5.97 Å². The van der Waals surface area contributed by atoms with Gasteiger partial charge >= 0.3 is 5.97 Å². The lowest BCUT2D eigenvalue weighted by molar-refractivity contribution is 0.0695. The first-order valence-electron chi connectivity index (χ1n) is 7.26. The van der Waals surface area contributed by atoms with Crippen LogP contribution in [0.5, 0.6) is 0 Å². The van der Waals surface area contributed by atoms with E-state index in [0.717, 1.165) is 42.2 Å². The highest BCUT2D eigenvalue weighted by atomic mass is 16.4. The molecule has 0 saturated heterocycles. The molecule has 0 bridgehead atoms. The minimum Gasteiger partial charge on any atom is -0.478 e. The number of aromatic carboxylic acids is 1. The fraction of sp³-hybridized carbons (Fsp3) is 0.353. The summed E-state index contributed by atoms with van der Waals surface area (Å²) in [5.41, 5.74) is 2.37. The maximum atomic E-state index is 11.4. The molecule has 2 heterocycles. The second-order valence-corrected chi connectivity index (χ2v) is 5.53. The van der Waals surface area contributed by atoms with E-state index >= 15 is 0 Å². The van der Waals surface area contributed by atoms with Crippen LogP contribution in [-0.2, 0) is 6.42 Å². The van der Waals surface area contributed by atoms with Crippen LogP contribution in [-0.4, -0.2) is 17.6 Å². The second kappa shape index (κ2) is 5.28. The van der Waals surface area contributed by atoms with Gasteiger partial charge in [0.2, 0.25) is 0 Å². The Morgan fingerprint density at radius 3 is 2.81 bits per heavy atom. The van der Waals surface area contributed by atoms with Gasteiger partial charge in [-0.05, 0) is 56.5 Å². The van der Waals surface area contributed by atoms with Gasteiger partial charge < -0.3 is 14.4 Å². The van der Waals surface area contributed by atoms with Crippen LogP contribution < -0.4 is 4.90 Å². The molecule has 4 nitrogen and oxygen atoms in total. The molecule has 1 aromatic heterocycles. The molecule has 2 aromatic rings. The molecular formula is C17H19NO3. The Morgan fingerprint density at radius 1 is 1.33 bits per heavy atom. The first-order valence-corrected chi connectivity index (χ1v) is 7.26. The predicted octanol–water partition coefficient (Wildman–Crippen LogP) is 3.80. The van der Waals surface area contributed by atoms with Crippen LogP contribution >= 0.6 is 0 Å². The van der Waals surface area contributed by atoms with Gasteiger partial charge in [0.15, 0.2) is 0 Å². The quantitative estimate of drug-likeness (QED) is 0.932. The molecule has 21 heavy (non-hydrogen) atoms. The van der Waals surface area contributed by atoms with Gasteiger partial charge in [-0.3, -0.25) is 0 Å². The smallest absolute Gasteiger partial charge is 0.336 e. The number of nitrogens with zero attached hydrogens (tertiary/aromatic N) is 1. The normalized spacial score (nSPS) is 15.6. The van der Waals surface area contributed by atoms with Crippen LogP contribution in [0.2, 0.25) is 0 Å². The second-order valence-electron chi connectivity index (χ2n) is 5.53. The lowest BCUT2D eigenvalue weighted by atomic mass is 9.95. The number of benzene rings is 1. The van der Waals surface area contributed by atoms with E-state index in [4.69, 9.17) is 4.42 Å². The van der Waals surface area contributed by atoms with Gasteiger partial charge in [0, 0.05) is 12.2 Å². The average molecular weight is 285 g/mol. The Morgan fingerprint density at radius 2 is 2.14 bits per heavy atom. The van der Waals surface area contributed by atoms with Crippen molar-refractivity contribution in [1.29, 1.82) is 0 Å². The van der Waals surface area contributed by atoms with Crippen molar-refractivity contribution in [2.45, 2.75) is 32.7 Å². The molecule has 110 valence electrons. The summed E-state index contributed by atoms with van der Waals surface area (Å²) in [4.78, 5) is 13.6. The van der Waals surface area contributed by atoms with Crippen molar-refractivity contribution < 1.29 is 14.3 Å². The maximum absolute atomic E-state index is 11.4. The molecule has 0 radical (unpaired) electrons. The Bertz CT molecular complexity index is 674. The SMILES string of the molecule is Cc1ccc(C(C)N2CCCc3c(C(=O)O)cccc32)o1. The van der Waals surface area contributed by atoms with Crippen LogP contribution in [0.3, 0.4) is 0 Å². The Hall–Kier alpha value is -2.23. The van der Waals surface area contributed by atoms with Crippen molar-refractivity contribution in [1.82, 2.24) is 0 Å². The van der Waals surface area contributed by atoms with Gasteiger partial charge in [-0.15, -0.1) is 0 Å². The van der Waals surface area contributed by atoms with Crippen molar-refractivity contribution in [2.24, 2.45) is 0 Å². The molecule has 3 rings (SSSR count). The minimum absolute atomic E-state index is 0.0989. The molecule has 4 heteroatoms. The number of carboxylic acid groups (broad SMARTS) is 1. The Kier molecular flexibility index (Phi) is 3.45. The van der Waals surface area contributed by atoms with Gasteiger partial charge in [0.05, 0.1) is 11.6 Å². The number of carboxylic acids is 1. The highest BCUT2D eigenvalue weighted by Gasteiger charge is 2.26. The molecule has 0 saturated carbocycles. The molecule has 1 aromatic carbocycles. The van der Waals surface area contributed by atoms with E-state index in [1.165, 1.54) is 0 Å². The molecule has 0 spiro atoms. The molecule has 0 fully saturated rings. The predicted molar refractivity (Wildman–Crippen MR) is 80.9 cm³/mol. The fourth-order valence-electron chi connectivity index (χ4n) is 3.09. The summed E-state index contributed by atoms with van der Waals surface area (Å²) >= 11 is 0. The standard InChI is InChI=1S/C17H19NO3/c1-11-8-9-16(21-11)12(2)18-10-4-6-13-14(17(19)20)5-3-7-15(13)18/h3,5,7-9,12H,4,6,10H2,1-2H3,(H,19,20). The molecule has 0 aliphatic carbocycles. The lowest BCUT2D eigenvalue weighted by Crippen LogP contribution is -2.32. The Balaban J connectivity index is 2.01. The van der Waals surface area contributed by atoms with E-state index in [-0.39, 0.29) is 6.04 Å². The number of furan rings is 1. The summed E-state index contributed by atoms with van der Waals surface area (Å²) < 4.78 is 5.73. The van der Waals surface area contributed by atoms with Gasteiger partial charge in [0.1, 0.15) is 11.5 Å². The van der Waals surface area contributed by atoms with Crippen molar-refractivity contribution in [2.75, 3.05) is 11.4 Å². The molecule has 1 N–H and O–H groups in total. The van der Waals surface area contributed by atoms with E-state index in [1.807, 2.05) is 31.2 Å². The summed E-state index contributed by atoms with van der Waals surface area (Å²) in [5.74, 6) is 0.963. The van der Waals surface area contributed by atoms with Crippen molar-refractivity contribution in [3.8, 4) is 0 Å². The monoisotopic (exact) mass is 285 g/mol. The third-order valence-electron chi connectivity index (χ3n) is 4.16. The third-order valence-corrected chi connectivity index (χ3v) is 4.16. The van der Waals surface area contributed by atoms with E-state index in [9.17, 15) is 9.90 Å². The highest BCUT2D eigenvalue weighted by molar-refractivity contribution is 5.91. The highest BCUT2D eigenvalue weighted by Crippen LogP contribution is 2.36. The van der Waals surface area contributed by atoms with Crippen LogP contribution in [0.15, 0.2) is 34.7 Å². The van der Waals surface area contributed by atoms with Crippen LogP contribution in [0, 0.1) is 6.92 Å². The van der Waals surface area contributed by atoms with Crippen LogP contribution in [0.1, 0.15) is 46.8 Å². The zero-order valence-corrected chi connectivity index (χ0v) is 12.3. The number of fused-ring (bicyclic) bond motifs is 1. The van der Waals surface area contributed by atoms with Crippen LogP contribution in [0.25, 0.3) is 0 Å². The van der Waals surface area contributed by atoms with Gasteiger partial charge in [-0.2, -0.15) is 0 Å². The number of aryl methyl sites for hydroxylation is 1. The summed E-state index contributed by atoms with van der Waals surface area (Å²) in [6, 6.07) is 9.57. The van der Waals surface area contributed by atoms with E-state index in [2.05, 4.69) is 11.8 Å². The van der Waals surface area contributed by atoms with E-state index in [0.29, 0.717) is 5.56 Å². The molecule has 1 aliphatic heterocycles. The minimum atomic E-state index is -0.852. The Labute approximate surface area is 124 Å². The number of hydrogen-bond donors (Lipinski definition) is 1. The van der Waals surface area contributed by atoms with Crippen LogP contribution in [0.4, 0.5) is 5.69 Å². The number of carbonyl (C=O) groups is 1. The molecule has 1 unspecified atom stereocenters. The first-order chi connectivity index (χ1) is 10.1. The fourth-order valence-corrected chi connectivity index (χ4v) is 3.09. The van der Waals surface area contributed by atoms with Crippen molar-refractivity contribution >= 4 is 11.7 Å². The lowest BCUT2D eigenvalue weighted by Gasteiger charge is -2.36.